The summed E-state index contributed by atoms with van der Waals surface area (Å²) in [5.74, 6) is 0. The maximum atomic E-state index is 5.35. The minimum atomic E-state index is 0.488. The molecule has 2 rings (SSSR count). The van der Waals surface area contributed by atoms with E-state index in [4.69, 9.17) is 4.74 Å². The molecule has 0 atom stereocenters. The Labute approximate surface area is 94.9 Å². The molecular weight excluding hydrogens is 208 g/mol. The van der Waals surface area contributed by atoms with Crippen molar-refractivity contribution in [2.24, 2.45) is 0 Å². The predicted octanol–water partition coefficient (Wildman–Crippen LogP) is 2.19. The Hall–Kier alpha value is -0.450. The van der Waals surface area contributed by atoms with E-state index in [0.29, 0.717) is 12.1 Å². The lowest BCUT2D eigenvalue weighted by Crippen LogP contribution is -2.34. The van der Waals surface area contributed by atoms with Gasteiger partial charge in [-0.3, -0.25) is 0 Å². The molecule has 0 aromatic carbocycles. The summed E-state index contributed by atoms with van der Waals surface area (Å²) in [5.41, 5.74) is 3.05. The van der Waals surface area contributed by atoms with Crippen molar-refractivity contribution in [1.29, 1.82) is 0 Å². The van der Waals surface area contributed by atoms with Crippen LogP contribution in [0.15, 0.2) is 10.9 Å². The van der Waals surface area contributed by atoms with Gasteiger partial charge in [-0.1, -0.05) is 0 Å². The molecule has 0 spiro atoms. The van der Waals surface area contributed by atoms with Crippen molar-refractivity contribution in [2.45, 2.75) is 44.4 Å². The monoisotopic (exact) mass is 226 g/mol. The number of thiazole rings is 1. The molecule has 0 saturated heterocycles. The SMILES string of the molecule is COC1CCC(NCc2cscn2)CC1. The van der Waals surface area contributed by atoms with Gasteiger partial charge in [-0.2, -0.15) is 0 Å². The minimum absolute atomic E-state index is 0.488. The fourth-order valence-corrected chi connectivity index (χ4v) is 2.63. The molecule has 1 N–H and O–H groups in total. The summed E-state index contributed by atoms with van der Waals surface area (Å²) < 4.78 is 5.35. The van der Waals surface area contributed by atoms with Gasteiger partial charge in [0.25, 0.3) is 0 Å². The van der Waals surface area contributed by atoms with Crippen LogP contribution in [0.1, 0.15) is 31.4 Å². The molecule has 15 heavy (non-hydrogen) atoms. The molecule has 0 unspecified atom stereocenters. The molecule has 1 aliphatic rings. The van der Waals surface area contributed by atoms with E-state index >= 15 is 0 Å². The Morgan fingerprint density at radius 1 is 1.47 bits per heavy atom. The topological polar surface area (TPSA) is 34.1 Å². The fraction of sp³-hybridized carbons (Fsp3) is 0.727. The van der Waals surface area contributed by atoms with Crippen LogP contribution >= 0.6 is 11.3 Å². The highest BCUT2D eigenvalue weighted by molar-refractivity contribution is 7.07. The molecule has 84 valence electrons. The van der Waals surface area contributed by atoms with E-state index in [1.165, 1.54) is 25.7 Å². The number of nitrogens with one attached hydrogen (secondary N) is 1. The smallest absolute Gasteiger partial charge is 0.0795 e. The zero-order chi connectivity index (χ0) is 10.5. The van der Waals surface area contributed by atoms with E-state index in [0.717, 1.165) is 12.2 Å². The predicted molar refractivity (Wildman–Crippen MR) is 62.0 cm³/mol. The summed E-state index contributed by atoms with van der Waals surface area (Å²) in [6, 6.07) is 0.651. The van der Waals surface area contributed by atoms with Crippen molar-refractivity contribution in [3.63, 3.8) is 0 Å². The summed E-state index contributed by atoms with van der Waals surface area (Å²) >= 11 is 1.66. The van der Waals surface area contributed by atoms with Crippen molar-refractivity contribution < 1.29 is 4.74 Å². The molecule has 1 aromatic heterocycles. The quantitative estimate of drug-likeness (QED) is 0.854. The zero-order valence-corrected chi connectivity index (χ0v) is 9.93. The first-order valence-corrected chi connectivity index (χ1v) is 6.46. The van der Waals surface area contributed by atoms with Gasteiger partial charge in [0.05, 0.1) is 17.3 Å². The highest BCUT2D eigenvalue weighted by atomic mass is 32.1. The molecule has 1 heterocycles. The lowest BCUT2D eigenvalue weighted by Gasteiger charge is -2.28. The number of methoxy groups -OCH3 is 1. The number of ether oxygens (including phenoxy) is 1. The van der Waals surface area contributed by atoms with Crippen LogP contribution in [0.3, 0.4) is 0 Å². The second-order valence-electron chi connectivity index (χ2n) is 4.07. The maximum Gasteiger partial charge on any atom is 0.0795 e. The Morgan fingerprint density at radius 2 is 2.27 bits per heavy atom. The first kappa shape index (κ1) is 11.0. The average Bonchev–Trinajstić information content (AvgIpc) is 2.80. The van der Waals surface area contributed by atoms with Crippen LogP contribution in [0, 0.1) is 0 Å². The van der Waals surface area contributed by atoms with Crippen molar-refractivity contribution in [1.82, 2.24) is 10.3 Å². The summed E-state index contributed by atoms with van der Waals surface area (Å²) in [4.78, 5) is 4.26. The first-order chi connectivity index (χ1) is 7.38. The number of hydrogen-bond donors (Lipinski definition) is 1. The van der Waals surface area contributed by atoms with Gasteiger partial charge in [-0.05, 0) is 25.7 Å². The van der Waals surface area contributed by atoms with Crippen LogP contribution in [0.4, 0.5) is 0 Å². The zero-order valence-electron chi connectivity index (χ0n) is 9.11. The third kappa shape index (κ3) is 3.26. The highest BCUT2D eigenvalue weighted by Crippen LogP contribution is 2.20. The molecule has 1 aromatic rings. The van der Waals surface area contributed by atoms with E-state index in [1.54, 1.807) is 11.3 Å². The van der Waals surface area contributed by atoms with E-state index in [9.17, 15) is 0 Å². The molecule has 0 amide bonds. The second-order valence-corrected chi connectivity index (χ2v) is 4.79. The van der Waals surface area contributed by atoms with Gasteiger partial charge in [0.15, 0.2) is 0 Å². The van der Waals surface area contributed by atoms with Crippen LogP contribution in [0.5, 0.6) is 0 Å². The van der Waals surface area contributed by atoms with Gasteiger partial charge in [0.1, 0.15) is 0 Å². The van der Waals surface area contributed by atoms with Gasteiger partial charge in [0, 0.05) is 25.1 Å². The Morgan fingerprint density at radius 3 is 2.87 bits per heavy atom. The number of aromatic nitrogens is 1. The van der Waals surface area contributed by atoms with Gasteiger partial charge >= 0.3 is 0 Å². The van der Waals surface area contributed by atoms with Crippen LogP contribution in [0.25, 0.3) is 0 Å². The van der Waals surface area contributed by atoms with Crippen molar-refractivity contribution >= 4 is 11.3 Å². The van der Waals surface area contributed by atoms with E-state index in [2.05, 4.69) is 15.7 Å². The van der Waals surface area contributed by atoms with E-state index in [-0.39, 0.29) is 0 Å². The van der Waals surface area contributed by atoms with Crippen molar-refractivity contribution in [3.8, 4) is 0 Å². The molecular formula is C11H18N2OS. The van der Waals surface area contributed by atoms with E-state index < -0.39 is 0 Å². The normalized spacial score (nSPS) is 26.7. The average molecular weight is 226 g/mol. The minimum Gasteiger partial charge on any atom is -0.381 e. The Kier molecular flexibility index (Phi) is 4.11. The number of nitrogens with zero attached hydrogens (tertiary/aromatic N) is 1. The lowest BCUT2D eigenvalue weighted by molar-refractivity contribution is 0.0623. The third-order valence-electron chi connectivity index (χ3n) is 3.06. The molecule has 1 fully saturated rings. The molecule has 0 radical (unpaired) electrons. The first-order valence-electron chi connectivity index (χ1n) is 5.51. The molecule has 0 aliphatic heterocycles. The summed E-state index contributed by atoms with van der Waals surface area (Å²) in [6.45, 7) is 0.909. The number of rotatable bonds is 4. The van der Waals surface area contributed by atoms with Crippen LogP contribution < -0.4 is 5.32 Å². The summed E-state index contributed by atoms with van der Waals surface area (Å²) in [7, 11) is 1.81. The molecule has 1 saturated carbocycles. The summed E-state index contributed by atoms with van der Waals surface area (Å²) in [6.07, 6.45) is 5.31. The number of hydrogen-bond acceptors (Lipinski definition) is 4. The highest BCUT2D eigenvalue weighted by Gasteiger charge is 2.20. The van der Waals surface area contributed by atoms with Crippen molar-refractivity contribution in [3.05, 3.63) is 16.6 Å². The fourth-order valence-electron chi connectivity index (χ4n) is 2.08. The standard InChI is InChI=1S/C11H18N2OS/c1-14-11-4-2-9(3-5-11)12-6-10-7-15-8-13-10/h7-9,11-12H,2-6H2,1H3. The molecule has 1 aliphatic carbocycles. The van der Waals surface area contributed by atoms with E-state index in [1.807, 2.05) is 12.6 Å². The molecule has 0 bridgehead atoms. The van der Waals surface area contributed by atoms with Gasteiger partial charge in [0.2, 0.25) is 0 Å². The maximum absolute atomic E-state index is 5.35. The van der Waals surface area contributed by atoms with Crippen molar-refractivity contribution in [2.75, 3.05) is 7.11 Å². The Bertz CT molecular complexity index is 268. The van der Waals surface area contributed by atoms with Gasteiger partial charge in [-0.25, -0.2) is 4.98 Å². The lowest BCUT2D eigenvalue weighted by atomic mass is 9.93. The van der Waals surface area contributed by atoms with Crippen LogP contribution in [0.2, 0.25) is 0 Å². The summed E-state index contributed by atoms with van der Waals surface area (Å²) in [5, 5.41) is 5.66. The molecule has 3 nitrogen and oxygen atoms in total. The van der Waals surface area contributed by atoms with Crippen LogP contribution in [-0.2, 0) is 11.3 Å². The Balaban J connectivity index is 1.69. The molecule has 4 heteroatoms. The largest absolute Gasteiger partial charge is 0.381 e. The van der Waals surface area contributed by atoms with Gasteiger partial charge in [-0.15, -0.1) is 11.3 Å². The third-order valence-corrected chi connectivity index (χ3v) is 3.70. The van der Waals surface area contributed by atoms with Crippen LogP contribution in [-0.4, -0.2) is 24.2 Å². The second kappa shape index (κ2) is 5.58. The van der Waals surface area contributed by atoms with Gasteiger partial charge < -0.3 is 10.1 Å².